The van der Waals surface area contributed by atoms with Gasteiger partial charge in [0.25, 0.3) is 0 Å². The molecule has 0 saturated carbocycles. The zero-order valence-electron chi connectivity index (χ0n) is 14.8. The number of rotatable bonds is 6. The summed E-state index contributed by atoms with van der Waals surface area (Å²) >= 11 is 1.54. The summed E-state index contributed by atoms with van der Waals surface area (Å²) in [7, 11) is 0. The Kier molecular flexibility index (Phi) is 5.89. The van der Waals surface area contributed by atoms with E-state index in [-0.39, 0.29) is 23.7 Å². The van der Waals surface area contributed by atoms with Gasteiger partial charge in [0, 0.05) is 42.8 Å². The van der Waals surface area contributed by atoms with Gasteiger partial charge < -0.3 is 10.6 Å². The van der Waals surface area contributed by atoms with E-state index in [1.807, 2.05) is 5.38 Å². The molecule has 8 heteroatoms. The second-order valence-corrected chi connectivity index (χ2v) is 7.79. The number of fused-ring (bicyclic) bond motifs is 2. The molecule has 2 fully saturated rings. The Morgan fingerprint density at radius 3 is 2.85 bits per heavy atom. The second kappa shape index (κ2) is 7.98. The molecule has 0 radical (unpaired) electrons. The Bertz CT molecular complexity index is 755. The van der Waals surface area contributed by atoms with Crippen molar-refractivity contribution in [2.45, 2.75) is 51.1 Å². The Morgan fingerprint density at radius 1 is 1.38 bits per heavy atom. The molecule has 2 aliphatic rings. The van der Waals surface area contributed by atoms with Crippen molar-refractivity contribution in [3.8, 4) is 10.8 Å². The predicted molar refractivity (Wildman–Crippen MR) is 104 cm³/mol. The van der Waals surface area contributed by atoms with Crippen LogP contribution in [0.15, 0.2) is 23.8 Å². The highest BCUT2D eigenvalue weighted by Gasteiger charge is 2.54. The topological polar surface area (TPSA) is 79.8 Å². The van der Waals surface area contributed by atoms with Crippen molar-refractivity contribution in [1.29, 1.82) is 0 Å². The molecule has 2 aromatic heterocycles. The highest BCUT2D eigenvalue weighted by atomic mass is 35.5. The summed E-state index contributed by atoms with van der Waals surface area (Å²) in [6.07, 6.45) is 8.39. The largest absolute Gasteiger partial charge is 0.355 e. The number of carbonyl (C=O) groups is 1. The van der Waals surface area contributed by atoms with Gasteiger partial charge in [0.2, 0.25) is 5.91 Å². The molecular formula is C18H24ClN5OS. The minimum absolute atomic E-state index is 0. The third-order valence-electron chi connectivity index (χ3n) is 5.58. The van der Waals surface area contributed by atoms with E-state index < -0.39 is 0 Å². The number of aromatic nitrogens is 3. The summed E-state index contributed by atoms with van der Waals surface area (Å²) in [5.74, 6) is 0.859. The number of thiazole rings is 1. The first-order valence-corrected chi connectivity index (χ1v) is 9.85. The minimum Gasteiger partial charge on any atom is -0.355 e. The third-order valence-corrected chi connectivity index (χ3v) is 6.46. The van der Waals surface area contributed by atoms with Crippen LogP contribution in [0.3, 0.4) is 0 Å². The van der Waals surface area contributed by atoms with Crippen LogP contribution in [0.5, 0.6) is 0 Å². The van der Waals surface area contributed by atoms with E-state index in [9.17, 15) is 4.79 Å². The molecule has 2 aliphatic heterocycles. The van der Waals surface area contributed by atoms with Crippen molar-refractivity contribution in [1.82, 2.24) is 25.6 Å². The molecule has 2 aromatic rings. The fourth-order valence-electron chi connectivity index (χ4n) is 4.21. The van der Waals surface area contributed by atoms with Crippen LogP contribution >= 0.6 is 23.7 Å². The SMILES string of the molecule is CC[C@@]1(C(=O)NCCc2csc(-c3ncccn3)n2)C[C@@H]2CC[C@H]1N2.Cl. The normalized spacial score (nSPS) is 26.5. The lowest BCUT2D eigenvalue weighted by Crippen LogP contribution is -2.48. The highest BCUT2D eigenvalue weighted by molar-refractivity contribution is 7.13. The highest BCUT2D eigenvalue weighted by Crippen LogP contribution is 2.45. The van der Waals surface area contributed by atoms with Gasteiger partial charge in [-0.25, -0.2) is 15.0 Å². The number of hydrogen-bond acceptors (Lipinski definition) is 6. The van der Waals surface area contributed by atoms with Gasteiger partial charge in [-0.15, -0.1) is 23.7 Å². The van der Waals surface area contributed by atoms with Crippen molar-refractivity contribution >= 4 is 29.7 Å². The van der Waals surface area contributed by atoms with Gasteiger partial charge >= 0.3 is 0 Å². The van der Waals surface area contributed by atoms with E-state index in [2.05, 4.69) is 32.5 Å². The summed E-state index contributed by atoms with van der Waals surface area (Å²) in [6.45, 7) is 2.76. The van der Waals surface area contributed by atoms with Gasteiger partial charge in [0.15, 0.2) is 10.8 Å². The van der Waals surface area contributed by atoms with E-state index >= 15 is 0 Å². The Balaban J connectivity index is 0.00000196. The number of nitrogens with zero attached hydrogens (tertiary/aromatic N) is 3. The minimum atomic E-state index is -0.214. The maximum atomic E-state index is 12.8. The van der Waals surface area contributed by atoms with Crippen molar-refractivity contribution in [3.05, 3.63) is 29.5 Å². The molecule has 4 rings (SSSR count). The van der Waals surface area contributed by atoms with Crippen molar-refractivity contribution in [2.75, 3.05) is 6.54 Å². The summed E-state index contributed by atoms with van der Waals surface area (Å²) in [5, 5.41) is 9.59. The molecule has 4 heterocycles. The van der Waals surface area contributed by atoms with Gasteiger partial charge in [0.05, 0.1) is 11.1 Å². The fraction of sp³-hybridized carbons (Fsp3) is 0.556. The Labute approximate surface area is 163 Å². The average molecular weight is 394 g/mol. The molecule has 140 valence electrons. The molecule has 26 heavy (non-hydrogen) atoms. The van der Waals surface area contributed by atoms with E-state index in [0.29, 0.717) is 24.5 Å². The first-order valence-electron chi connectivity index (χ1n) is 8.97. The number of hydrogen-bond donors (Lipinski definition) is 2. The van der Waals surface area contributed by atoms with Crippen LogP contribution in [-0.2, 0) is 11.2 Å². The standard InChI is InChI=1S/C18H23N5OS.ClH/c1-2-18(10-12-4-5-14(18)22-12)17(24)21-9-6-13-11-25-16(23-13)15-19-7-3-8-20-15;/h3,7-8,11-12,14,22H,2,4-6,9-10H2,1H3,(H,21,24);1H/t12-,14+,18+;/m0./s1. The molecule has 1 amide bonds. The average Bonchev–Trinajstić information content (AvgIpc) is 3.38. The number of amides is 1. The molecule has 6 nitrogen and oxygen atoms in total. The maximum absolute atomic E-state index is 12.8. The molecule has 0 aliphatic carbocycles. The molecule has 2 saturated heterocycles. The van der Waals surface area contributed by atoms with Crippen LogP contribution in [0.2, 0.25) is 0 Å². The second-order valence-electron chi connectivity index (χ2n) is 6.93. The van der Waals surface area contributed by atoms with Crippen LogP contribution in [0, 0.1) is 5.41 Å². The first-order chi connectivity index (χ1) is 12.2. The first kappa shape index (κ1) is 19.2. The summed E-state index contributed by atoms with van der Waals surface area (Å²) in [5.41, 5.74) is 0.762. The summed E-state index contributed by atoms with van der Waals surface area (Å²) < 4.78 is 0. The molecule has 0 aromatic carbocycles. The van der Waals surface area contributed by atoms with Crippen molar-refractivity contribution in [2.24, 2.45) is 5.41 Å². The Morgan fingerprint density at radius 2 is 2.19 bits per heavy atom. The van der Waals surface area contributed by atoms with Crippen LogP contribution in [-0.4, -0.2) is 39.5 Å². The van der Waals surface area contributed by atoms with E-state index in [1.165, 1.54) is 6.42 Å². The summed E-state index contributed by atoms with van der Waals surface area (Å²) in [4.78, 5) is 25.8. The zero-order chi connectivity index (χ0) is 17.3. The quantitative estimate of drug-likeness (QED) is 0.788. The lowest BCUT2D eigenvalue weighted by molar-refractivity contribution is -0.132. The Hall–Kier alpha value is -1.57. The lowest BCUT2D eigenvalue weighted by atomic mass is 9.71. The van der Waals surface area contributed by atoms with E-state index in [0.717, 1.165) is 36.4 Å². The predicted octanol–water partition coefficient (Wildman–Crippen LogP) is 2.60. The van der Waals surface area contributed by atoms with Gasteiger partial charge in [-0.3, -0.25) is 4.79 Å². The number of nitrogens with one attached hydrogen (secondary N) is 2. The van der Waals surface area contributed by atoms with Crippen molar-refractivity contribution in [3.63, 3.8) is 0 Å². The molecule has 2 N–H and O–H groups in total. The monoisotopic (exact) mass is 393 g/mol. The third kappa shape index (κ3) is 3.48. The molecule has 0 unspecified atom stereocenters. The van der Waals surface area contributed by atoms with Crippen molar-refractivity contribution < 1.29 is 4.79 Å². The number of carbonyl (C=O) groups excluding carboxylic acids is 1. The molecular weight excluding hydrogens is 370 g/mol. The zero-order valence-corrected chi connectivity index (χ0v) is 16.4. The van der Waals surface area contributed by atoms with Gasteiger partial charge in [0.1, 0.15) is 0 Å². The molecule has 3 atom stereocenters. The van der Waals surface area contributed by atoms with Crippen LogP contribution in [0.1, 0.15) is 38.3 Å². The fourth-order valence-corrected chi connectivity index (χ4v) is 5.01. The smallest absolute Gasteiger partial charge is 0.227 e. The van der Waals surface area contributed by atoms with E-state index in [1.54, 1.807) is 29.8 Å². The van der Waals surface area contributed by atoms with Crippen LogP contribution < -0.4 is 10.6 Å². The number of halogens is 1. The van der Waals surface area contributed by atoms with Gasteiger partial charge in [-0.05, 0) is 31.7 Å². The molecule has 2 bridgehead atoms. The van der Waals surface area contributed by atoms with Gasteiger partial charge in [-0.2, -0.15) is 0 Å². The van der Waals surface area contributed by atoms with Crippen LogP contribution in [0.25, 0.3) is 10.8 Å². The lowest BCUT2D eigenvalue weighted by Gasteiger charge is -2.34. The van der Waals surface area contributed by atoms with Crippen LogP contribution in [0.4, 0.5) is 0 Å². The molecule has 0 spiro atoms. The van der Waals surface area contributed by atoms with E-state index in [4.69, 9.17) is 0 Å². The van der Waals surface area contributed by atoms with Gasteiger partial charge in [-0.1, -0.05) is 6.92 Å². The maximum Gasteiger partial charge on any atom is 0.227 e. The summed E-state index contributed by atoms with van der Waals surface area (Å²) in [6, 6.07) is 2.67.